The van der Waals surface area contributed by atoms with Gasteiger partial charge in [0.15, 0.2) is 5.96 Å². The van der Waals surface area contributed by atoms with E-state index in [2.05, 4.69) is 15.3 Å². The third-order valence-electron chi connectivity index (χ3n) is 4.58. The van der Waals surface area contributed by atoms with Gasteiger partial charge < -0.3 is 16.6 Å². The smallest absolute Gasteiger partial charge is 0.345 e. The second-order valence-electron chi connectivity index (χ2n) is 6.82. The lowest BCUT2D eigenvalue weighted by atomic mass is 9.98. The predicted molar refractivity (Wildman–Crippen MR) is 115 cm³/mol. The molecule has 0 aliphatic heterocycles. The quantitative estimate of drug-likeness (QED) is 0.186. The van der Waals surface area contributed by atoms with E-state index in [4.69, 9.17) is 11.5 Å². The van der Waals surface area contributed by atoms with Crippen molar-refractivity contribution in [3.05, 3.63) is 66.0 Å². The van der Waals surface area contributed by atoms with Crippen molar-refractivity contribution in [1.82, 2.24) is 15.2 Å². The highest BCUT2D eigenvalue weighted by Gasteiger charge is 2.48. The van der Waals surface area contributed by atoms with E-state index < -0.39 is 23.4 Å². The molecule has 0 fully saturated rings. The van der Waals surface area contributed by atoms with Crippen LogP contribution in [0.4, 0.5) is 0 Å². The van der Waals surface area contributed by atoms with Gasteiger partial charge in [0, 0.05) is 32.4 Å². The van der Waals surface area contributed by atoms with Gasteiger partial charge in [-0.05, 0) is 30.5 Å². The van der Waals surface area contributed by atoms with Crippen molar-refractivity contribution >= 4 is 23.7 Å². The molecule has 1 atom stereocenters. The Kier molecular flexibility index (Phi) is 8.21. The molecule has 1 aromatic carbocycles. The second-order valence-corrected chi connectivity index (χ2v) is 6.82. The van der Waals surface area contributed by atoms with Gasteiger partial charge in [0.1, 0.15) is 0 Å². The van der Waals surface area contributed by atoms with Crippen LogP contribution in [0.3, 0.4) is 0 Å². The van der Waals surface area contributed by atoms with E-state index in [9.17, 15) is 19.5 Å². The number of hydrogen-bond acceptors (Lipinski definition) is 6. The molecule has 0 unspecified atom stereocenters. The van der Waals surface area contributed by atoms with Crippen molar-refractivity contribution in [2.75, 3.05) is 6.54 Å². The summed E-state index contributed by atoms with van der Waals surface area (Å²) in [6, 6.07) is 12.1. The number of imide groups is 1. The topological polar surface area (TPSA) is 164 Å². The first-order valence-electron chi connectivity index (χ1n) is 9.61. The summed E-state index contributed by atoms with van der Waals surface area (Å²) in [4.78, 5) is 46.8. The maximum Gasteiger partial charge on any atom is 0.345 e. The van der Waals surface area contributed by atoms with Gasteiger partial charge in [0.25, 0.3) is 5.91 Å². The first kappa shape index (κ1) is 23.5. The zero-order chi connectivity index (χ0) is 22.9. The number of amides is 2. The number of nitrogens with zero attached hydrogens (tertiary/aromatic N) is 3. The summed E-state index contributed by atoms with van der Waals surface area (Å²) in [6.45, 7) is 1.39. The number of carboxylic acids is 1. The second kappa shape index (κ2) is 10.8. The summed E-state index contributed by atoms with van der Waals surface area (Å²) >= 11 is 0. The number of hydrogen-bond donors (Lipinski definition) is 4. The van der Waals surface area contributed by atoms with Crippen molar-refractivity contribution in [1.29, 1.82) is 0 Å². The van der Waals surface area contributed by atoms with E-state index in [-0.39, 0.29) is 37.5 Å². The van der Waals surface area contributed by atoms with Gasteiger partial charge in [-0.3, -0.25) is 24.9 Å². The maximum atomic E-state index is 13.2. The Morgan fingerprint density at radius 2 is 1.87 bits per heavy atom. The number of aliphatic carboxylic acids is 1. The third kappa shape index (κ3) is 6.09. The Morgan fingerprint density at radius 3 is 2.42 bits per heavy atom. The van der Waals surface area contributed by atoms with Gasteiger partial charge in [0.2, 0.25) is 11.6 Å². The molecule has 10 nitrogen and oxygen atoms in total. The first-order valence-corrected chi connectivity index (χ1v) is 9.61. The van der Waals surface area contributed by atoms with Crippen LogP contribution in [0.5, 0.6) is 0 Å². The number of nitrogens with one attached hydrogen (secondary N) is 1. The molecule has 0 saturated carbocycles. The fourth-order valence-corrected chi connectivity index (χ4v) is 3.15. The lowest BCUT2D eigenvalue weighted by molar-refractivity contribution is -0.159. The van der Waals surface area contributed by atoms with Crippen LogP contribution in [-0.2, 0) is 16.1 Å². The SMILES string of the molecule is CC(=O)N(C(=O)c1cccnc1)[C@](CCCN=C(N)N)(NCc1ccccc1)C(=O)O. The minimum absolute atomic E-state index is 0.0917. The van der Waals surface area contributed by atoms with Crippen LogP contribution in [0.2, 0.25) is 0 Å². The maximum absolute atomic E-state index is 13.2. The molecule has 10 heteroatoms. The van der Waals surface area contributed by atoms with Gasteiger partial charge in [-0.15, -0.1) is 0 Å². The van der Waals surface area contributed by atoms with E-state index in [1.54, 1.807) is 12.1 Å². The van der Waals surface area contributed by atoms with E-state index in [0.29, 0.717) is 0 Å². The lowest BCUT2D eigenvalue weighted by Crippen LogP contribution is -2.67. The number of carbonyl (C=O) groups is 3. The molecule has 31 heavy (non-hydrogen) atoms. The molecule has 6 N–H and O–H groups in total. The van der Waals surface area contributed by atoms with E-state index in [1.165, 1.54) is 24.5 Å². The van der Waals surface area contributed by atoms with Crippen molar-refractivity contribution in [3.63, 3.8) is 0 Å². The summed E-state index contributed by atoms with van der Waals surface area (Å²) in [5, 5.41) is 13.1. The summed E-state index contributed by atoms with van der Waals surface area (Å²) < 4.78 is 0. The number of guanidine groups is 1. The van der Waals surface area contributed by atoms with E-state index >= 15 is 0 Å². The molecule has 1 aromatic heterocycles. The van der Waals surface area contributed by atoms with Crippen molar-refractivity contribution in [2.24, 2.45) is 16.5 Å². The lowest BCUT2D eigenvalue weighted by Gasteiger charge is -2.39. The number of pyridine rings is 1. The fraction of sp³-hybridized carbons (Fsp3) is 0.286. The molecule has 2 aromatic rings. The van der Waals surface area contributed by atoms with Gasteiger partial charge in [-0.2, -0.15) is 0 Å². The van der Waals surface area contributed by atoms with Crippen LogP contribution < -0.4 is 16.8 Å². The molecule has 0 spiro atoms. The molecule has 2 rings (SSSR count). The number of carboxylic acid groups (broad SMARTS) is 1. The Bertz CT molecular complexity index is 931. The summed E-state index contributed by atoms with van der Waals surface area (Å²) in [6.07, 6.45) is 2.84. The molecular formula is C21H26N6O4. The summed E-state index contributed by atoms with van der Waals surface area (Å²) in [5.41, 5.74) is 9.54. The fourth-order valence-electron chi connectivity index (χ4n) is 3.15. The molecule has 0 aliphatic carbocycles. The minimum atomic E-state index is -2.02. The molecule has 1 heterocycles. The summed E-state index contributed by atoms with van der Waals surface area (Å²) in [7, 11) is 0. The van der Waals surface area contributed by atoms with E-state index in [0.717, 1.165) is 17.4 Å². The number of aromatic nitrogens is 1. The zero-order valence-electron chi connectivity index (χ0n) is 17.2. The van der Waals surface area contributed by atoms with Crippen LogP contribution in [0.25, 0.3) is 0 Å². The molecule has 0 bridgehead atoms. The average molecular weight is 426 g/mol. The number of benzene rings is 1. The molecule has 0 aliphatic rings. The van der Waals surface area contributed by atoms with Gasteiger partial charge in [-0.1, -0.05) is 30.3 Å². The average Bonchev–Trinajstić information content (AvgIpc) is 2.75. The molecule has 0 radical (unpaired) electrons. The number of aliphatic imine (C=N–C) groups is 1. The van der Waals surface area contributed by atoms with Crippen LogP contribution in [0.15, 0.2) is 59.9 Å². The predicted octanol–water partition coefficient (Wildman–Crippen LogP) is 0.695. The van der Waals surface area contributed by atoms with Crippen LogP contribution in [0.1, 0.15) is 35.7 Å². The molecule has 164 valence electrons. The molecule has 2 amide bonds. The van der Waals surface area contributed by atoms with Crippen molar-refractivity contribution in [2.45, 2.75) is 32.0 Å². The van der Waals surface area contributed by atoms with Crippen molar-refractivity contribution in [3.8, 4) is 0 Å². The van der Waals surface area contributed by atoms with Crippen LogP contribution in [0, 0.1) is 0 Å². The van der Waals surface area contributed by atoms with Crippen LogP contribution >= 0.6 is 0 Å². The Morgan fingerprint density at radius 1 is 1.16 bits per heavy atom. The minimum Gasteiger partial charge on any atom is -0.478 e. The molecular weight excluding hydrogens is 400 g/mol. The third-order valence-corrected chi connectivity index (χ3v) is 4.58. The number of carbonyl (C=O) groups excluding carboxylic acids is 2. The monoisotopic (exact) mass is 426 g/mol. The Balaban J connectivity index is 2.46. The summed E-state index contributed by atoms with van der Waals surface area (Å²) in [5.74, 6) is -3.00. The zero-order valence-corrected chi connectivity index (χ0v) is 17.2. The largest absolute Gasteiger partial charge is 0.478 e. The van der Waals surface area contributed by atoms with Gasteiger partial charge in [-0.25, -0.2) is 9.69 Å². The van der Waals surface area contributed by atoms with Crippen molar-refractivity contribution < 1.29 is 19.5 Å². The Labute approximate surface area is 180 Å². The van der Waals surface area contributed by atoms with E-state index in [1.807, 2.05) is 18.2 Å². The Hall–Kier alpha value is -3.79. The highest BCUT2D eigenvalue weighted by Crippen LogP contribution is 2.24. The standard InChI is InChI=1S/C21H26N6O4/c1-15(28)27(18(29)17-9-5-11-24-14-17)21(19(30)31,10-6-12-25-20(22)23)26-13-16-7-3-2-4-8-16/h2-5,7-9,11,14,26H,6,10,12-13H2,1H3,(H,30,31)(H4,22,23,25)/t21-/m0/s1. The highest BCUT2D eigenvalue weighted by molar-refractivity contribution is 6.07. The first-order chi connectivity index (χ1) is 14.8. The normalized spacial score (nSPS) is 12.4. The highest BCUT2D eigenvalue weighted by atomic mass is 16.4. The van der Waals surface area contributed by atoms with Gasteiger partial charge in [0.05, 0.1) is 5.56 Å². The van der Waals surface area contributed by atoms with Crippen LogP contribution in [-0.4, -0.2) is 50.9 Å². The van der Waals surface area contributed by atoms with Gasteiger partial charge >= 0.3 is 5.97 Å². The number of nitrogens with two attached hydrogens (primary N) is 2. The number of rotatable bonds is 10. The molecule has 0 saturated heterocycles.